The molecule has 1 aromatic heterocycles. The summed E-state index contributed by atoms with van der Waals surface area (Å²) < 4.78 is 0. The highest BCUT2D eigenvalue weighted by Gasteiger charge is 2.38. The molecule has 0 spiro atoms. The number of carbonyl (C=O) groups is 3. The van der Waals surface area contributed by atoms with Crippen LogP contribution in [0.5, 0.6) is 0 Å². The van der Waals surface area contributed by atoms with Gasteiger partial charge in [-0.1, -0.05) is 30.4 Å². The fourth-order valence-electron chi connectivity index (χ4n) is 4.53. The van der Waals surface area contributed by atoms with Gasteiger partial charge in [-0.2, -0.15) is 0 Å². The molecule has 0 aliphatic heterocycles. The molecule has 1 aromatic rings. The Labute approximate surface area is 182 Å². The van der Waals surface area contributed by atoms with Crippen molar-refractivity contribution in [2.75, 3.05) is 5.32 Å². The highest BCUT2D eigenvalue weighted by molar-refractivity contribution is 7.16. The molecule has 0 saturated heterocycles. The Balaban J connectivity index is 1.80. The average molecular weight is 433 g/mol. The highest BCUT2D eigenvalue weighted by Crippen LogP contribution is 2.37. The first-order valence-corrected chi connectivity index (χ1v) is 11.6. The normalized spacial score (nSPS) is 22.7. The molecule has 1 fully saturated rings. The lowest BCUT2D eigenvalue weighted by Gasteiger charge is -2.29. The van der Waals surface area contributed by atoms with Crippen LogP contribution in [-0.4, -0.2) is 28.9 Å². The first-order chi connectivity index (χ1) is 14.2. The smallest absolute Gasteiger partial charge is 0.307 e. The summed E-state index contributed by atoms with van der Waals surface area (Å²) in [5, 5.41) is 16.2. The molecule has 1 saturated carbocycles. The number of carboxylic acid groups (broad SMARTS) is 1. The van der Waals surface area contributed by atoms with Gasteiger partial charge in [0.05, 0.1) is 17.4 Å². The second-order valence-corrected chi connectivity index (χ2v) is 10.0. The molecule has 3 rings (SSSR count). The topological polar surface area (TPSA) is 95.5 Å². The zero-order valence-corrected chi connectivity index (χ0v) is 19.1. The van der Waals surface area contributed by atoms with Crippen LogP contribution in [0, 0.1) is 25.7 Å². The molecule has 2 aliphatic carbocycles. The number of anilines is 1. The Morgan fingerprint density at radius 3 is 2.13 bits per heavy atom. The van der Waals surface area contributed by atoms with Crippen molar-refractivity contribution in [2.24, 2.45) is 11.8 Å². The maximum absolute atomic E-state index is 13.1. The van der Waals surface area contributed by atoms with Crippen molar-refractivity contribution in [3.05, 3.63) is 27.2 Å². The largest absolute Gasteiger partial charge is 0.481 e. The average Bonchev–Trinajstić information content (AvgIpc) is 2.97. The van der Waals surface area contributed by atoms with E-state index in [4.69, 9.17) is 0 Å². The van der Waals surface area contributed by atoms with Crippen LogP contribution in [0.2, 0.25) is 0 Å². The van der Waals surface area contributed by atoms with Gasteiger partial charge in [0.1, 0.15) is 5.00 Å². The number of amides is 2. The molecule has 7 heteroatoms. The van der Waals surface area contributed by atoms with Crippen molar-refractivity contribution < 1.29 is 19.5 Å². The van der Waals surface area contributed by atoms with Gasteiger partial charge < -0.3 is 15.7 Å². The predicted molar refractivity (Wildman–Crippen MR) is 119 cm³/mol. The van der Waals surface area contributed by atoms with Crippen molar-refractivity contribution in [1.82, 2.24) is 5.32 Å². The van der Waals surface area contributed by atoms with Gasteiger partial charge in [0.2, 0.25) is 5.91 Å². The van der Waals surface area contributed by atoms with Crippen LogP contribution in [0.25, 0.3) is 0 Å². The maximum atomic E-state index is 13.1. The van der Waals surface area contributed by atoms with E-state index in [1.807, 2.05) is 27.7 Å². The molecule has 2 aliphatic rings. The van der Waals surface area contributed by atoms with Gasteiger partial charge in [0.25, 0.3) is 5.91 Å². The summed E-state index contributed by atoms with van der Waals surface area (Å²) in [5.41, 5.74) is 3.50. The van der Waals surface area contributed by atoms with Gasteiger partial charge in [0.15, 0.2) is 0 Å². The molecule has 164 valence electrons. The Hall–Kier alpha value is -2.15. The molecule has 0 aromatic carbocycles. The molecular weight excluding hydrogens is 400 g/mol. The van der Waals surface area contributed by atoms with Crippen LogP contribution < -0.4 is 10.6 Å². The number of carboxylic acids is 1. The summed E-state index contributed by atoms with van der Waals surface area (Å²) in [6.45, 7) is 7.72. The number of thiophene rings is 1. The van der Waals surface area contributed by atoms with E-state index in [9.17, 15) is 19.5 Å². The van der Waals surface area contributed by atoms with Crippen LogP contribution in [0.4, 0.5) is 5.00 Å². The van der Waals surface area contributed by atoms with E-state index in [1.54, 1.807) is 0 Å². The molecule has 1 heterocycles. The van der Waals surface area contributed by atoms with Crippen molar-refractivity contribution >= 4 is 34.1 Å². The minimum Gasteiger partial charge on any atom is -0.481 e. The van der Waals surface area contributed by atoms with Gasteiger partial charge in [0, 0.05) is 10.9 Å². The number of hydrogen-bond donors (Lipinski definition) is 3. The standard InChI is InChI=1S/C23H32N2O4S/c1-12-10-17(18(23(28)29)11-13(12)2)20(26)25-22-19(14(3)15(4)30-22)21(27)24-16-8-6-5-7-9-16/h16-18H,5-11H2,1-4H3,(H,24,27)(H,25,26)(H,28,29)/t17-,18+/m0/s1. The molecule has 6 nitrogen and oxygen atoms in total. The fourth-order valence-corrected chi connectivity index (χ4v) is 5.59. The number of carbonyl (C=O) groups excluding carboxylic acids is 2. The molecule has 3 N–H and O–H groups in total. The van der Waals surface area contributed by atoms with Crippen molar-refractivity contribution in [3.63, 3.8) is 0 Å². The lowest BCUT2D eigenvalue weighted by atomic mass is 9.76. The Bertz CT molecular complexity index is 880. The van der Waals surface area contributed by atoms with E-state index in [2.05, 4.69) is 10.6 Å². The molecular formula is C23H32N2O4S. The maximum Gasteiger partial charge on any atom is 0.307 e. The third-order valence-corrected chi connectivity index (χ3v) is 7.83. The van der Waals surface area contributed by atoms with Gasteiger partial charge in [-0.3, -0.25) is 14.4 Å². The van der Waals surface area contributed by atoms with Gasteiger partial charge >= 0.3 is 5.97 Å². The van der Waals surface area contributed by atoms with Gasteiger partial charge in [-0.15, -0.1) is 11.3 Å². The summed E-state index contributed by atoms with van der Waals surface area (Å²) in [5.74, 6) is -2.79. The zero-order valence-electron chi connectivity index (χ0n) is 18.3. The van der Waals surface area contributed by atoms with Crippen molar-refractivity contribution in [3.8, 4) is 0 Å². The first-order valence-electron chi connectivity index (χ1n) is 10.8. The lowest BCUT2D eigenvalue weighted by Crippen LogP contribution is -2.38. The first kappa shape index (κ1) is 22.5. The number of rotatable bonds is 5. The van der Waals surface area contributed by atoms with E-state index < -0.39 is 17.8 Å². The van der Waals surface area contributed by atoms with Crippen LogP contribution >= 0.6 is 11.3 Å². The minimum atomic E-state index is -0.948. The predicted octanol–water partition coefficient (Wildman–Crippen LogP) is 4.81. The van der Waals surface area contributed by atoms with E-state index in [-0.39, 0.29) is 17.9 Å². The summed E-state index contributed by atoms with van der Waals surface area (Å²) in [6.07, 6.45) is 6.26. The summed E-state index contributed by atoms with van der Waals surface area (Å²) in [4.78, 5) is 38.9. The molecule has 0 unspecified atom stereocenters. The van der Waals surface area contributed by atoms with E-state index in [0.29, 0.717) is 23.4 Å². The summed E-state index contributed by atoms with van der Waals surface area (Å²) >= 11 is 1.38. The highest BCUT2D eigenvalue weighted by atomic mass is 32.1. The van der Waals surface area contributed by atoms with Crippen molar-refractivity contribution in [2.45, 2.75) is 78.7 Å². The summed E-state index contributed by atoms with van der Waals surface area (Å²) in [6, 6.07) is 0.180. The number of allylic oxidation sites excluding steroid dienone is 2. The lowest BCUT2D eigenvalue weighted by molar-refractivity contribution is -0.146. The van der Waals surface area contributed by atoms with Crippen LogP contribution in [0.1, 0.15) is 79.6 Å². The zero-order chi connectivity index (χ0) is 22.0. The molecule has 2 amide bonds. The van der Waals surface area contributed by atoms with E-state index in [1.165, 1.54) is 17.8 Å². The van der Waals surface area contributed by atoms with Crippen LogP contribution in [0.15, 0.2) is 11.1 Å². The number of aliphatic carboxylic acids is 1. The third kappa shape index (κ3) is 4.77. The Morgan fingerprint density at radius 2 is 1.53 bits per heavy atom. The quantitative estimate of drug-likeness (QED) is 0.582. The van der Waals surface area contributed by atoms with E-state index in [0.717, 1.165) is 47.3 Å². The molecule has 2 atom stereocenters. The van der Waals surface area contributed by atoms with Crippen LogP contribution in [-0.2, 0) is 9.59 Å². The SMILES string of the molecule is CC1=C(C)C[C@@H](C(=O)O)[C@@H](C(=O)Nc2sc(C)c(C)c2C(=O)NC2CCCCC2)C1. The van der Waals surface area contributed by atoms with Crippen LogP contribution in [0.3, 0.4) is 0 Å². The number of hydrogen-bond acceptors (Lipinski definition) is 4. The van der Waals surface area contributed by atoms with Gasteiger partial charge in [-0.05, 0) is 58.9 Å². The molecule has 30 heavy (non-hydrogen) atoms. The molecule has 0 radical (unpaired) electrons. The fraction of sp³-hybridized carbons (Fsp3) is 0.609. The Morgan fingerprint density at radius 1 is 0.933 bits per heavy atom. The van der Waals surface area contributed by atoms with Crippen molar-refractivity contribution in [1.29, 1.82) is 0 Å². The summed E-state index contributed by atoms with van der Waals surface area (Å²) in [7, 11) is 0. The number of nitrogens with one attached hydrogen (secondary N) is 2. The number of aryl methyl sites for hydroxylation is 1. The second-order valence-electron chi connectivity index (χ2n) is 8.81. The Kier molecular flexibility index (Phi) is 7.01. The van der Waals surface area contributed by atoms with E-state index >= 15 is 0 Å². The van der Waals surface area contributed by atoms with Gasteiger partial charge in [-0.25, -0.2) is 0 Å². The monoisotopic (exact) mass is 432 g/mol. The molecule has 0 bridgehead atoms. The minimum absolute atomic E-state index is 0.149. The third-order valence-electron chi connectivity index (χ3n) is 6.71. The second kappa shape index (κ2) is 9.33.